The van der Waals surface area contributed by atoms with Crippen molar-refractivity contribution < 1.29 is 0 Å². The molecule has 12 nitrogen and oxygen atoms in total. The highest BCUT2D eigenvalue weighted by atomic mass is 127. The van der Waals surface area contributed by atoms with Crippen molar-refractivity contribution in [3.63, 3.8) is 0 Å². The maximum Gasteiger partial charge on any atom is 0.138 e. The first-order valence-corrected chi connectivity index (χ1v) is 38.8. The predicted molar refractivity (Wildman–Crippen MR) is 441 cm³/mol. The Morgan fingerprint density at radius 3 is 1.00 bits per heavy atom. The molecule has 0 bridgehead atoms. The Labute approximate surface area is 679 Å². The molecule has 11 aromatic rings. The van der Waals surface area contributed by atoms with Crippen LogP contribution in [0.1, 0.15) is 0 Å². The van der Waals surface area contributed by atoms with Crippen molar-refractivity contribution in [1.82, 2.24) is 59.8 Å². The number of halogens is 18. The van der Waals surface area contributed by atoms with Crippen molar-refractivity contribution in [3.05, 3.63) is 270 Å². The summed E-state index contributed by atoms with van der Waals surface area (Å²) in [5.41, 5.74) is 4.28. The van der Waals surface area contributed by atoms with Gasteiger partial charge < -0.3 is 0 Å². The molecule has 9 aromatic heterocycles. The van der Waals surface area contributed by atoms with Crippen molar-refractivity contribution in [2.45, 2.75) is 0 Å². The van der Waals surface area contributed by atoms with Gasteiger partial charge in [0.25, 0.3) is 0 Å². The first kappa shape index (κ1) is 79.5. The minimum Gasteiger partial charge on any atom is -0.259 e. The van der Waals surface area contributed by atoms with E-state index in [-0.39, 0.29) is 0 Å². The van der Waals surface area contributed by atoms with E-state index in [0.717, 1.165) is 75.4 Å². The van der Waals surface area contributed by atoms with Crippen molar-refractivity contribution in [2.75, 3.05) is 0 Å². The average molecular weight is 2660 g/mol. The van der Waals surface area contributed by atoms with Crippen LogP contribution >= 0.6 is 340 Å². The molecule has 11 rings (SSSR count). The second kappa shape index (κ2) is 47.2. The minimum atomic E-state index is 0.736. The lowest BCUT2D eigenvalue weighted by molar-refractivity contribution is 1.12. The molecule has 0 N–H and O–H groups in total. The SMILES string of the molecule is Brc1cccnc1Br.Brc1ccnc(-c2cc(Br)ccn2)c1.Brc1ccnc(Br)c1.Brc1cnc(Br)cn1.Brc1nccnc1Br.Ic1ccc(-c2ccc(I)cc2)cc1.Ic1ccc(I)nc1.Ic1cccc(I)n1.Ic1cncc(I)n1. The number of pyridine rings is 6. The van der Waals surface area contributed by atoms with Gasteiger partial charge in [0, 0.05) is 67.5 Å². The molecule has 0 aliphatic heterocycles. The topological polar surface area (TPSA) is 155 Å². The lowest BCUT2D eigenvalue weighted by atomic mass is 10.1. The van der Waals surface area contributed by atoms with Crippen LogP contribution in [-0.4, -0.2) is 59.8 Å². The molecule has 2 aromatic carbocycles. The quantitative estimate of drug-likeness (QED) is 0.119. The maximum absolute atomic E-state index is 4.24. The summed E-state index contributed by atoms with van der Waals surface area (Å²) in [4.78, 5) is 48.1. The molecule has 30 heteroatoms. The summed E-state index contributed by atoms with van der Waals surface area (Å²) >= 11 is 50.2. The number of benzene rings is 2. The summed E-state index contributed by atoms with van der Waals surface area (Å²) in [6, 6.07) is 42.4. The number of nitrogens with zero attached hydrogens (tertiary/aromatic N) is 12. The van der Waals surface area contributed by atoms with Gasteiger partial charge in [-0.25, -0.2) is 44.9 Å². The van der Waals surface area contributed by atoms with Crippen LogP contribution in [0.4, 0.5) is 0 Å². The normalized spacial score (nSPS) is 9.55. The van der Waals surface area contributed by atoms with Gasteiger partial charge in [0.05, 0.1) is 40.6 Å². The molecule has 0 spiro atoms. The molecule has 0 aliphatic rings. The van der Waals surface area contributed by atoms with Gasteiger partial charge >= 0.3 is 0 Å². The number of rotatable bonds is 2. The predicted octanol–water partition coefficient (Wildman–Crippen LogP) is 23.7. The van der Waals surface area contributed by atoms with Gasteiger partial charge in [0.2, 0.25) is 0 Å². The third kappa shape index (κ3) is 38.3. The summed E-state index contributed by atoms with van der Waals surface area (Å²) in [5, 5.41) is 0. The Morgan fingerprint density at radius 2 is 0.702 bits per heavy atom. The Hall–Kier alpha value is 1.22. The van der Waals surface area contributed by atoms with E-state index < -0.39 is 0 Å². The van der Waals surface area contributed by atoms with Gasteiger partial charge in [-0.1, -0.05) is 78.1 Å². The lowest BCUT2D eigenvalue weighted by Crippen LogP contribution is -1.86. The van der Waals surface area contributed by atoms with Gasteiger partial charge in [0.15, 0.2) is 0 Å². The monoisotopic (exact) mass is 2650 g/mol. The van der Waals surface area contributed by atoms with Crippen molar-refractivity contribution in [1.29, 1.82) is 0 Å². The van der Waals surface area contributed by atoms with Crippen LogP contribution in [0.25, 0.3) is 22.5 Å². The molecule has 434 valence electrons. The Morgan fingerprint density at radius 1 is 0.274 bits per heavy atom. The van der Waals surface area contributed by atoms with Crippen LogP contribution in [0.2, 0.25) is 0 Å². The summed E-state index contributed by atoms with van der Waals surface area (Å²) < 4.78 is 17.5. The van der Waals surface area contributed by atoms with Crippen LogP contribution in [-0.2, 0) is 0 Å². The van der Waals surface area contributed by atoms with Gasteiger partial charge in [-0.2, -0.15) is 0 Å². The van der Waals surface area contributed by atoms with Crippen LogP contribution in [0.15, 0.2) is 241 Å². The van der Waals surface area contributed by atoms with E-state index in [1.165, 1.54) is 21.8 Å². The minimum absolute atomic E-state index is 0.736. The summed E-state index contributed by atoms with van der Waals surface area (Å²) in [6.07, 6.45) is 18.8. The number of hydrogen-bond donors (Lipinski definition) is 0. The van der Waals surface area contributed by atoms with Gasteiger partial charge in [-0.3, -0.25) is 15.0 Å². The van der Waals surface area contributed by atoms with Crippen LogP contribution in [0, 0.1) is 29.2 Å². The third-order valence-corrected chi connectivity index (χ3v) is 19.5. The van der Waals surface area contributed by atoms with E-state index in [4.69, 9.17) is 0 Å². The second-order valence-electron chi connectivity index (χ2n) is 14.4. The molecule has 0 atom stereocenters. The molecular weight excluding hydrogens is 2630 g/mol. The zero-order chi connectivity index (χ0) is 61.8. The fourth-order valence-corrected chi connectivity index (χ4v) is 11.9. The highest BCUT2D eigenvalue weighted by Crippen LogP contribution is 2.23. The Balaban J connectivity index is 0.000000251. The fourth-order valence-electron chi connectivity index (χ4n) is 4.78. The standard InChI is InChI=1S/C12H8I2.C10H6Br2N2.2C5H3Br2N.2C5H3I2N.2C4H2Br2N2.C4H2I2N2/c13-11-5-1-9(2-6-11)10-3-7-12(14)8-4-10;11-7-1-3-13-9(5-7)10-6-8(12)2-4-14-10;6-4-1-2-8-5(7)3-4;6-4-2-1-3-8-5(4)7;6-4-1-2-5(7)8-3-4;6-4-2-1-3-5(7)8-4;5-3-1-7-4(6)2-8-3;5-3-4(6)8-2-1-7-3;5-3-1-7-2-4(6)8-3/h1-8H;1-6H;4*1-3H;3*1-2H. The zero-order valence-corrected chi connectivity index (χ0v) is 74.8. The van der Waals surface area contributed by atoms with Crippen molar-refractivity contribution >= 4 is 340 Å². The summed E-state index contributed by atoms with van der Waals surface area (Å²) in [7, 11) is 0. The molecule has 0 amide bonds. The molecule has 84 heavy (non-hydrogen) atoms. The molecule has 0 aliphatic carbocycles. The van der Waals surface area contributed by atoms with E-state index in [9.17, 15) is 0 Å². The number of aromatic nitrogens is 12. The molecule has 0 saturated carbocycles. The fraction of sp³-hybridized carbons (Fsp3) is 0. The first-order chi connectivity index (χ1) is 40.1. The summed E-state index contributed by atoms with van der Waals surface area (Å²) in [5.74, 6) is 0. The third-order valence-electron chi connectivity index (χ3n) is 8.28. The smallest absolute Gasteiger partial charge is 0.138 e. The van der Waals surface area contributed by atoms with Crippen LogP contribution in [0.3, 0.4) is 0 Å². The van der Waals surface area contributed by atoms with E-state index in [2.05, 4.69) is 448 Å². The molecular formula is C54H32Br10I8N12. The Bertz CT molecular complexity index is 3250. The molecule has 0 fully saturated rings. The van der Waals surface area contributed by atoms with Gasteiger partial charge in [0.1, 0.15) is 46.1 Å². The van der Waals surface area contributed by atoms with Crippen LogP contribution in [0.5, 0.6) is 0 Å². The average Bonchev–Trinajstić information content (AvgIpc) is 3.66. The second-order valence-corrected chi connectivity index (χ2v) is 31.9. The molecule has 0 unspecified atom stereocenters. The highest BCUT2D eigenvalue weighted by Gasteiger charge is 2.02. The molecule has 0 radical (unpaired) electrons. The van der Waals surface area contributed by atoms with E-state index in [1.54, 1.807) is 62.0 Å². The molecule has 9 heterocycles. The largest absolute Gasteiger partial charge is 0.259 e. The summed E-state index contributed by atoms with van der Waals surface area (Å²) in [6.45, 7) is 0. The lowest BCUT2D eigenvalue weighted by Gasteiger charge is -2.01. The van der Waals surface area contributed by atoms with Gasteiger partial charge in [-0.05, 0) is 400 Å². The van der Waals surface area contributed by atoms with Crippen molar-refractivity contribution in [2.24, 2.45) is 0 Å². The van der Waals surface area contributed by atoms with Crippen LogP contribution < -0.4 is 0 Å². The van der Waals surface area contributed by atoms with E-state index in [0.29, 0.717) is 0 Å². The zero-order valence-electron chi connectivity index (χ0n) is 41.6. The highest BCUT2D eigenvalue weighted by molar-refractivity contribution is 14.1. The first-order valence-electron chi connectivity index (χ1n) is 22.3. The van der Waals surface area contributed by atoms with Gasteiger partial charge in [-0.15, -0.1) is 0 Å². The Kier molecular flexibility index (Phi) is 44.6. The molecule has 0 saturated heterocycles. The number of hydrogen-bond acceptors (Lipinski definition) is 12. The maximum atomic E-state index is 4.24. The van der Waals surface area contributed by atoms with Crippen molar-refractivity contribution in [3.8, 4) is 22.5 Å². The van der Waals surface area contributed by atoms with E-state index in [1.807, 2.05) is 85.1 Å². The van der Waals surface area contributed by atoms with E-state index >= 15 is 0 Å².